The highest BCUT2D eigenvalue weighted by atomic mass is 15.3. The summed E-state index contributed by atoms with van der Waals surface area (Å²) in [6.07, 6.45) is 0. The molecule has 17 heavy (non-hydrogen) atoms. The van der Waals surface area contributed by atoms with Crippen molar-refractivity contribution < 1.29 is 0 Å². The van der Waals surface area contributed by atoms with Gasteiger partial charge in [0.15, 0.2) is 0 Å². The minimum Gasteiger partial charge on any atom is -0.382 e. The Morgan fingerprint density at radius 1 is 1.24 bits per heavy atom. The number of aromatic amines is 1. The number of hydrogen-bond donors (Lipinski definition) is 2. The van der Waals surface area contributed by atoms with E-state index in [2.05, 4.69) is 41.3 Å². The molecule has 0 atom stereocenters. The number of anilines is 1. The van der Waals surface area contributed by atoms with Crippen molar-refractivity contribution in [2.75, 3.05) is 5.73 Å². The van der Waals surface area contributed by atoms with Crippen LogP contribution in [0.3, 0.4) is 0 Å². The highest BCUT2D eigenvalue weighted by Gasteiger charge is 2.08. The quantitative estimate of drug-likeness (QED) is 0.669. The van der Waals surface area contributed by atoms with Gasteiger partial charge in [0, 0.05) is 24.0 Å². The molecule has 0 aliphatic rings. The average molecular weight is 226 g/mol. The molecular formula is C13H14N4. The third kappa shape index (κ3) is 1.58. The molecule has 0 aliphatic carbocycles. The van der Waals surface area contributed by atoms with Gasteiger partial charge < -0.3 is 10.7 Å². The van der Waals surface area contributed by atoms with Gasteiger partial charge in [-0.2, -0.15) is 5.10 Å². The summed E-state index contributed by atoms with van der Waals surface area (Å²) in [4.78, 5) is 3.38. The number of benzene rings is 1. The van der Waals surface area contributed by atoms with Crippen LogP contribution in [0, 0.1) is 6.92 Å². The first-order valence-electron chi connectivity index (χ1n) is 5.53. The number of fused-ring (bicyclic) bond motifs is 1. The van der Waals surface area contributed by atoms with E-state index < -0.39 is 0 Å². The molecule has 2 heterocycles. The van der Waals surface area contributed by atoms with Crippen LogP contribution in [0.1, 0.15) is 5.56 Å². The number of nitrogen functional groups attached to an aromatic ring is 1. The van der Waals surface area contributed by atoms with E-state index in [0.29, 0.717) is 5.82 Å². The number of aryl methyl sites for hydroxylation is 2. The van der Waals surface area contributed by atoms with Gasteiger partial charge in [-0.3, -0.25) is 4.68 Å². The number of aromatic nitrogens is 3. The molecule has 0 bridgehead atoms. The van der Waals surface area contributed by atoms with Crippen LogP contribution in [-0.2, 0) is 7.05 Å². The second-order valence-electron chi connectivity index (χ2n) is 4.35. The first kappa shape index (κ1) is 9.96. The topological polar surface area (TPSA) is 59.6 Å². The Kier molecular flexibility index (Phi) is 1.98. The minimum atomic E-state index is 0.539. The normalized spacial score (nSPS) is 11.2. The number of H-pyrrole nitrogens is 1. The molecule has 0 aliphatic heterocycles. The first-order chi connectivity index (χ1) is 8.13. The second-order valence-corrected chi connectivity index (χ2v) is 4.35. The van der Waals surface area contributed by atoms with E-state index >= 15 is 0 Å². The lowest BCUT2D eigenvalue weighted by molar-refractivity contribution is 0.778. The highest BCUT2D eigenvalue weighted by Crippen LogP contribution is 2.25. The van der Waals surface area contributed by atoms with Gasteiger partial charge in [-0.25, -0.2) is 0 Å². The highest BCUT2D eigenvalue weighted by molar-refractivity contribution is 5.86. The molecule has 3 rings (SSSR count). The fraction of sp³-hybridized carbons (Fsp3) is 0.154. The lowest BCUT2D eigenvalue weighted by Crippen LogP contribution is -1.94. The first-order valence-corrected chi connectivity index (χ1v) is 5.53. The minimum absolute atomic E-state index is 0.539. The van der Waals surface area contributed by atoms with Gasteiger partial charge in [0.25, 0.3) is 0 Å². The summed E-state index contributed by atoms with van der Waals surface area (Å²) >= 11 is 0. The van der Waals surface area contributed by atoms with Crippen molar-refractivity contribution >= 4 is 16.7 Å². The lowest BCUT2D eigenvalue weighted by Gasteiger charge is -1.96. The average Bonchev–Trinajstić information content (AvgIpc) is 2.80. The molecule has 3 aromatic rings. The standard InChI is InChI=1S/C13H14N4/c1-8-3-4-10-9(5-8)6-11(15-10)12-7-13(14)16-17(12)2/h3-7,15H,1-2H3,(H2,14,16). The number of nitrogens with two attached hydrogens (primary N) is 1. The molecule has 3 N–H and O–H groups in total. The number of nitrogens with one attached hydrogen (secondary N) is 1. The third-order valence-corrected chi connectivity index (χ3v) is 2.95. The summed E-state index contributed by atoms with van der Waals surface area (Å²) in [5.41, 5.74) is 10.1. The van der Waals surface area contributed by atoms with Crippen molar-refractivity contribution in [3.05, 3.63) is 35.9 Å². The Balaban J connectivity index is 2.21. The SMILES string of the molecule is Cc1ccc2[nH]c(-c3cc(N)nn3C)cc2c1. The zero-order chi connectivity index (χ0) is 12.0. The fourth-order valence-corrected chi connectivity index (χ4v) is 2.13. The summed E-state index contributed by atoms with van der Waals surface area (Å²) in [5, 5.41) is 5.36. The van der Waals surface area contributed by atoms with Crippen LogP contribution in [-0.4, -0.2) is 14.8 Å². The summed E-state index contributed by atoms with van der Waals surface area (Å²) in [7, 11) is 1.89. The van der Waals surface area contributed by atoms with Crippen molar-refractivity contribution in [3.63, 3.8) is 0 Å². The van der Waals surface area contributed by atoms with Crippen LogP contribution in [0.25, 0.3) is 22.3 Å². The van der Waals surface area contributed by atoms with E-state index in [9.17, 15) is 0 Å². The Morgan fingerprint density at radius 3 is 2.76 bits per heavy atom. The number of rotatable bonds is 1. The van der Waals surface area contributed by atoms with Crippen LogP contribution < -0.4 is 5.73 Å². The van der Waals surface area contributed by atoms with Crippen molar-refractivity contribution in [3.8, 4) is 11.4 Å². The van der Waals surface area contributed by atoms with Gasteiger partial charge in [0.05, 0.1) is 11.4 Å². The molecule has 1 aromatic carbocycles. The van der Waals surface area contributed by atoms with Gasteiger partial charge in [0.2, 0.25) is 0 Å². The molecule has 0 spiro atoms. The summed E-state index contributed by atoms with van der Waals surface area (Å²) in [6.45, 7) is 2.09. The van der Waals surface area contributed by atoms with Crippen LogP contribution in [0.2, 0.25) is 0 Å². The summed E-state index contributed by atoms with van der Waals surface area (Å²) < 4.78 is 1.78. The smallest absolute Gasteiger partial charge is 0.146 e. The largest absolute Gasteiger partial charge is 0.382 e. The Labute approximate surface area is 99.1 Å². The molecule has 0 unspecified atom stereocenters. The summed E-state index contributed by atoms with van der Waals surface area (Å²) in [5.74, 6) is 0.539. The van der Waals surface area contributed by atoms with Crippen LogP contribution in [0.5, 0.6) is 0 Å². The van der Waals surface area contributed by atoms with Gasteiger partial charge in [-0.15, -0.1) is 0 Å². The molecule has 0 radical (unpaired) electrons. The molecule has 0 amide bonds. The lowest BCUT2D eigenvalue weighted by atomic mass is 10.2. The van der Waals surface area contributed by atoms with E-state index in [1.807, 2.05) is 13.1 Å². The Bertz CT molecular complexity index is 691. The molecule has 0 saturated heterocycles. The maximum Gasteiger partial charge on any atom is 0.146 e. The Morgan fingerprint density at radius 2 is 2.06 bits per heavy atom. The van der Waals surface area contributed by atoms with Gasteiger partial charge >= 0.3 is 0 Å². The molecule has 86 valence electrons. The van der Waals surface area contributed by atoms with Crippen LogP contribution >= 0.6 is 0 Å². The molecule has 0 saturated carbocycles. The predicted octanol–water partition coefficient (Wildman–Crippen LogP) is 2.46. The predicted molar refractivity (Wildman–Crippen MR) is 69.7 cm³/mol. The molecule has 2 aromatic heterocycles. The molecule has 4 nitrogen and oxygen atoms in total. The van der Waals surface area contributed by atoms with Gasteiger partial charge in [-0.05, 0) is 25.1 Å². The third-order valence-electron chi connectivity index (χ3n) is 2.95. The summed E-state index contributed by atoms with van der Waals surface area (Å²) in [6, 6.07) is 10.3. The molecule has 0 fully saturated rings. The van der Waals surface area contributed by atoms with Crippen molar-refractivity contribution in [1.29, 1.82) is 0 Å². The van der Waals surface area contributed by atoms with Crippen molar-refractivity contribution in [2.45, 2.75) is 6.92 Å². The van der Waals surface area contributed by atoms with E-state index in [1.54, 1.807) is 4.68 Å². The van der Waals surface area contributed by atoms with Gasteiger partial charge in [-0.1, -0.05) is 11.6 Å². The van der Waals surface area contributed by atoms with E-state index in [1.165, 1.54) is 10.9 Å². The number of hydrogen-bond acceptors (Lipinski definition) is 2. The molecule has 4 heteroatoms. The van der Waals surface area contributed by atoms with Crippen molar-refractivity contribution in [1.82, 2.24) is 14.8 Å². The van der Waals surface area contributed by atoms with E-state index in [4.69, 9.17) is 5.73 Å². The zero-order valence-corrected chi connectivity index (χ0v) is 9.86. The van der Waals surface area contributed by atoms with Crippen molar-refractivity contribution in [2.24, 2.45) is 7.05 Å². The number of nitrogens with zero attached hydrogens (tertiary/aromatic N) is 2. The van der Waals surface area contributed by atoms with Gasteiger partial charge in [0.1, 0.15) is 5.82 Å². The van der Waals surface area contributed by atoms with Crippen LogP contribution in [0.4, 0.5) is 5.82 Å². The van der Waals surface area contributed by atoms with E-state index in [-0.39, 0.29) is 0 Å². The molecular weight excluding hydrogens is 212 g/mol. The second kappa shape index (κ2) is 3.38. The maximum absolute atomic E-state index is 5.69. The zero-order valence-electron chi connectivity index (χ0n) is 9.86. The Hall–Kier alpha value is -2.23. The monoisotopic (exact) mass is 226 g/mol. The maximum atomic E-state index is 5.69. The fourth-order valence-electron chi connectivity index (χ4n) is 2.13. The van der Waals surface area contributed by atoms with E-state index in [0.717, 1.165) is 16.9 Å². The van der Waals surface area contributed by atoms with Crippen LogP contribution in [0.15, 0.2) is 30.3 Å².